The minimum absolute atomic E-state index is 0.220. The molecule has 0 bridgehead atoms. The third-order valence-electron chi connectivity index (χ3n) is 11.2. The Hall–Kier alpha value is -5.27. The Morgan fingerprint density at radius 3 is 1.47 bits per heavy atom. The second-order valence-corrected chi connectivity index (χ2v) is 15.3. The quantitative estimate of drug-likeness (QED) is 0.224. The lowest BCUT2D eigenvalue weighted by atomic mass is 9.93. The Bertz CT molecular complexity index is 1720. The number of fused-ring (bicyclic) bond motifs is 2. The molecule has 2 aromatic carbocycles. The van der Waals surface area contributed by atoms with E-state index in [0.717, 1.165) is 38.5 Å². The average molecular weight is 759 g/mol. The third-order valence-corrected chi connectivity index (χ3v) is 11.2. The first-order valence-corrected chi connectivity index (χ1v) is 19.4. The molecule has 2 aliphatic heterocycles. The van der Waals surface area contributed by atoms with Crippen molar-refractivity contribution in [2.45, 2.75) is 109 Å². The Balaban J connectivity index is 0.904. The molecule has 4 aliphatic rings. The number of aliphatic carboxylic acids is 1. The summed E-state index contributed by atoms with van der Waals surface area (Å²) in [6, 6.07) is 10.4. The number of ether oxygens (including phenoxy) is 2. The molecular weight excluding hydrogens is 708 g/mol. The molecule has 0 saturated carbocycles. The first-order chi connectivity index (χ1) is 26.4. The fourth-order valence-electron chi connectivity index (χ4n) is 7.92. The minimum Gasteiger partial charge on any atom is -0.481 e. The number of carboxylic acids is 1. The molecule has 2 fully saturated rings. The number of nitrogens with zero attached hydrogens (tertiary/aromatic N) is 2. The molecule has 2 saturated heterocycles. The zero-order valence-corrected chi connectivity index (χ0v) is 31.4. The molecule has 0 aromatic heterocycles. The van der Waals surface area contributed by atoms with Crippen LogP contribution in [0.25, 0.3) is 0 Å². The maximum atomic E-state index is 13.1. The van der Waals surface area contributed by atoms with Crippen LogP contribution in [0.15, 0.2) is 36.4 Å². The van der Waals surface area contributed by atoms with E-state index in [-0.39, 0.29) is 49.3 Å². The molecule has 14 heteroatoms. The van der Waals surface area contributed by atoms with E-state index in [9.17, 15) is 38.7 Å². The maximum absolute atomic E-state index is 13.1. The zero-order chi connectivity index (χ0) is 39.1. The molecule has 2 aromatic rings. The first kappa shape index (κ1) is 39.4. The van der Waals surface area contributed by atoms with Crippen molar-refractivity contribution in [3.8, 4) is 0 Å². The highest BCUT2D eigenvalue weighted by Crippen LogP contribution is 2.28. The number of benzene rings is 2. The largest absolute Gasteiger partial charge is 0.481 e. The van der Waals surface area contributed by atoms with E-state index in [4.69, 9.17) is 9.47 Å². The van der Waals surface area contributed by atoms with Crippen LogP contribution in [-0.2, 0) is 68.7 Å². The molecule has 0 unspecified atom stereocenters. The van der Waals surface area contributed by atoms with Crippen LogP contribution in [0.1, 0.15) is 93.4 Å². The Morgan fingerprint density at radius 2 is 1.05 bits per heavy atom. The van der Waals surface area contributed by atoms with Crippen molar-refractivity contribution in [1.82, 2.24) is 9.80 Å². The van der Waals surface area contributed by atoms with Crippen molar-refractivity contribution in [2.24, 2.45) is 5.41 Å². The minimum atomic E-state index is -1.79. The Labute approximate surface area is 320 Å². The summed E-state index contributed by atoms with van der Waals surface area (Å²) in [5, 5.41) is 15.7. The van der Waals surface area contributed by atoms with Gasteiger partial charge in [-0.05, 0) is 118 Å². The predicted octanol–water partition coefficient (Wildman–Crippen LogP) is 3.96. The standard InChI is InChI=1S/C41H50N4O10/c1-41(40(52)53,24-54-36(48)18-16-34(46)44-20-4-10-32(44)38(50)42-30-14-12-26-6-2-8-28(26)22-30)25-55-37(49)19-17-35(47)45-21-5-11-33(45)39(51)43-31-15-13-27-7-3-9-29(27)23-31/h12-15,22-23,32-33H,2-11,16-21,24-25H2,1H3,(H,42,50)(H,43,51)(H,52,53)/t32-,33-/m0/s1. The summed E-state index contributed by atoms with van der Waals surface area (Å²) in [6.45, 7) is 0.786. The van der Waals surface area contributed by atoms with Crippen LogP contribution in [0.4, 0.5) is 11.4 Å². The number of anilines is 2. The van der Waals surface area contributed by atoms with Crippen LogP contribution in [0.5, 0.6) is 0 Å². The van der Waals surface area contributed by atoms with Gasteiger partial charge in [-0.2, -0.15) is 0 Å². The van der Waals surface area contributed by atoms with Gasteiger partial charge in [0.25, 0.3) is 0 Å². The second-order valence-electron chi connectivity index (χ2n) is 15.3. The first-order valence-electron chi connectivity index (χ1n) is 19.4. The van der Waals surface area contributed by atoms with Gasteiger partial charge in [-0.3, -0.25) is 33.6 Å². The van der Waals surface area contributed by atoms with E-state index in [1.807, 2.05) is 36.4 Å². The van der Waals surface area contributed by atoms with Crippen molar-refractivity contribution < 1.29 is 48.1 Å². The fourth-order valence-corrected chi connectivity index (χ4v) is 7.92. The van der Waals surface area contributed by atoms with E-state index in [1.54, 1.807) is 0 Å². The van der Waals surface area contributed by atoms with Crippen LogP contribution in [0.2, 0.25) is 0 Å². The van der Waals surface area contributed by atoms with E-state index in [0.29, 0.717) is 50.1 Å². The fraction of sp³-hybridized carbons (Fsp3) is 0.537. The molecular formula is C41H50N4O10. The highest BCUT2D eigenvalue weighted by molar-refractivity contribution is 5.99. The number of rotatable bonds is 15. The summed E-state index contributed by atoms with van der Waals surface area (Å²) >= 11 is 0. The number of amides is 4. The average Bonchev–Trinajstić information content (AvgIpc) is 4.01. The number of nitrogens with one attached hydrogen (secondary N) is 2. The van der Waals surface area contributed by atoms with Gasteiger partial charge in [0, 0.05) is 37.3 Å². The maximum Gasteiger partial charge on any atom is 0.316 e. The number of carbonyl (C=O) groups excluding carboxylic acids is 6. The Morgan fingerprint density at radius 1 is 0.636 bits per heavy atom. The molecule has 294 valence electrons. The zero-order valence-electron chi connectivity index (χ0n) is 31.4. The van der Waals surface area contributed by atoms with Crippen molar-refractivity contribution in [2.75, 3.05) is 36.9 Å². The molecule has 3 N–H and O–H groups in total. The van der Waals surface area contributed by atoms with Crippen LogP contribution >= 0.6 is 0 Å². The molecule has 2 atom stereocenters. The van der Waals surface area contributed by atoms with Gasteiger partial charge in [-0.15, -0.1) is 0 Å². The summed E-state index contributed by atoms with van der Waals surface area (Å²) in [7, 11) is 0. The summed E-state index contributed by atoms with van der Waals surface area (Å²) in [5.74, 6) is -4.31. The van der Waals surface area contributed by atoms with Crippen molar-refractivity contribution >= 4 is 52.9 Å². The molecule has 0 spiro atoms. The second kappa shape index (κ2) is 17.5. The van der Waals surface area contributed by atoms with Gasteiger partial charge in [0.15, 0.2) is 0 Å². The lowest BCUT2D eigenvalue weighted by Gasteiger charge is -2.25. The van der Waals surface area contributed by atoms with Gasteiger partial charge in [-0.1, -0.05) is 12.1 Å². The highest BCUT2D eigenvalue weighted by atomic mass is 16.6. The van der Waals surface area contributed by atoms with Crippen LogP contribution in [0, 0.1) is 5.41 Å². The van der Waals surface area contributed by atoms with Gasteiger partial charge in [0.1, 0.15) is 30.7 Å². The predicted molar refractivity (Wildman–Crippen MR) is 200 cm³/mol. The van der Waals surface area contributed by atoms with Gasteiger partial charge < -0.3 is 35.0 Å². The van der Waals surface area contributed by atoms with Gasteiger partial charge in [0.2, 0.25) is 23.6 Å². The molecule has 4 amide bonds. The SMILES string of the molecule is CC(COC(=O)CCC(=O)N1CCC[C@H]1C(=O)Nc1ccc2c(c1)CCC2)(COC(=O)CCC(=O)N1CCC[C@H]1C(=O)Nc1ccc2c(c1)CCC2)C(=O)O. The molecule has 0 radical (unpaired) electrons. The highest BCUT2D eigenvalue weighted by Gasteiger charge is 2.39. The van der Waals surface area contributed by atoms with Crippen molar-refractivity contribution in [3.05, 3.63) is 58.7 Å². The lowest BCUT2D eigenvalue weighted by Crippen LogP contribution is -2.43. The van der Waals surface area contributed by atoms with Crippen LogP contribution in [0.3, 0.4) is 0 Å². The third kappa shape index (κ3) is 9.70. The van der Waals surface area contributed by atoms with E-state index < -0.39 is 48.6 Å². The van der Waals surface area contributed by atoms with Crippen LogP contribution < -0.4 is 10.6 Å². The number of hydrogen-bond donors (Lipinski definition) is 3. The summed E-state index contributed by atoms with van der Waals surface area (Å²) in [4.78, 5) is 92.5. The molecule has 6 rings (SSSR count). The van der Waals surface area contributed by atoms with Crippen molar-refractivity contribution in [3.63, 3.8) is 0 Å². The smallest absolute Gasteiger partial charge is 0.316 e. The molecule has 2 aliphatic carbocycles. The molecule has 55 heavy (non-hydrogen) atoms. The van der Waals surface area contributed by atoms with E-state index in [1.165, 1.54) is 39.0 Å². The number of carboxylic acid groups (broad SMARTS) is 1. The number of likely N-dealkylation sites (tertiary alicyclic amines) is 2. The normalized spacial score (nSPS) is 18.7. The summed E-state index contributed by atoms with van der Waals surface area (Å²) in [6.07, 6.45) is 7.40. The van der Waals surface area contributed by atoms with Gasteiger partial charge in [-0.25, -0.2) is 0 Å². The number of carbonyl (C=O) groups is 7. The summed E-state index contributed by atoms with van der Waals surface area (Å²) < 4.78 is 10.4. The van der Waals surface area contributed by atoms with Gasteiger partial charge >= 0.3 is 17.9 Å². The van der Waals surface area contributed by atoms with Crippen molar-refractivity contribution in [1.29, 1.82) is 0 Å². The Kier molecular flexibility index (Phi) is 12.5. The number of esters is 2. The van der Waals surface area contributed by atoms with Crippen LogP contribution in [-0.4, -0.2) is 94.8 Å². The summed E-state index contributed by atoms with van der Waals surface area (Å²) in [5.41, 5.74) is 4.62. The van der Waals surface area contributed by atoms with E-state index >= 15 is 0 Å². The molecule has 14 nitrogen and oxygen atoms in total. The lowest BCUT2D eigenvalue weighted by molar-refractivity contribution is -0.166. The monoisotopic (exact) mass is 758 g/mol. The molecule has 2 heterocycles. The topological polar surface area (TPSA) is 189 Å². The number of aryl methyl sites for hydroxylation is 4. The van der Waals surface area contributed by atoms with Gasteiger partial charge in [0.05, 0.1) is 12.8 Å². The number of hydrogen-bond acceptors (Lipinski definition) is 9. The van der Waals surface area contributed by atoms with E-state index in [2.05, 4.69) is 10.6 Å².